The van der Waals surface area contributed by atoms with Gasteiger partial charge in [0.2, 0.25) is 0 Å². The van der Waals surface area contributed by atoms with E-state index >= 15 is 0 Å². The molecular weight excluding hydrogens is 280 g/mol. The van der Waals surface area contributed by atoms with Gasteiger partial charge in [0.1, 0.15) is 0 Å². The molecule has 3 N–H and O–H groups in total. The molecule has 2 aliphatic rings. The first kappa shape index (κ1) is 20.4. The van der Waals surface area contributed by atoms with Crippen LogP contribution in [0, 0.1) is 23.7 Å². The van der Waals surface area contributed by atoms with Crippen molar-refractivity contribution in [1.82, 2.24) is 5.32 Å². The Kier molecular flexibility index (Phi) is 9.81. The number of nitrogens with two attached hydrogens (primary N) is 1. The molecule has 0 radical (unpaired) electrons. The van der Waals surface area contributed by atoms with Gasteiger partial charge in [-0.3, -0.25) is 0 Å². The van der Waals surface area contributed by atoms with Crippen LogP contribution in [-0.4, -0.2) is 19.6 Å². The molecular formula is C21H40N2. The lowest BCUT2D eigenvalue weighted by Gasteiger charge is -2.38. The SMILES string of the molecule is C=C.CCC1CCC2CCCC=C2C(C(CC)CCNC)C1N. The number of allylic oxidation sites excluding steroid dienone is 1. The monoisotopic (exact) mass is 320 g/mol. The third-order valence-corrected chi connectivity index (χ3v) is 6.16. The molecule has 0 heterocycles. The zero-order valence-corrected chi connectivity index (χ0v) is 15.8. The quantitative estimate of drug-likeness (QED) is 0.682. The lowest BCUT2D eigenvalue weighted by molar-refractivity contribution is 0.237. The Balaban J connectivity index is 0.00000127. The molecule has 1 fully saturated rings. The smallest absolute Gasteiger partial charge is 0.0136 e. The Hall–Kier alpha value is -0.600. The first-order valence-electron chi connectivity index (χ1n) is 9.82. The summed E-state index contributed by atoms with van der Waals surface area (Å²) in [5, 5.41) is 3.34. The van der Waals surface area contributed by atoms with E-state index in [2.05, 4.69) is 45.4 Å². The molecule has 0 saturated heterocycles. The van der Waals surface area contributed by atoms with E-state index < -0.39 is 0 Å². The van der Waals surface area contributed by atoms with E-state index in [-0.39, 0.29) is 0 Å². The fourth-order valence-corrected chi connectivity index (χ4v) is 4.84. The average Bonchev–Trinajstić information content (AvgIpc) is 2.74. The van der Waals surface area contributed by atoms with Crippen molar-refractivity contribution in [3.05, 3.63) is 24.8 Å². The summed E-state index contributed by atoms with van der Waals surface area (Å²) in [5.41, 5.74) is 8.58. The van der Waals surface area contributed by atoms with Crippen LogP contribution in [0.5, 0.6) is 0 Å². The van der Waals surface area contributed by atoms with Crippen molar-refractivity contribution in [2.24, 2.45) is 29.4 Å². The van der Waals surface area contributed by atoms with Crippen molar-refractivity contribution in [2.45, 2.75) is 71.3 Å². The van der Waals surface area contributed by atoms with E-state index in [0.717, 1.165) is 24.3 Å². The first-order valence-corrected chi connectivity index (χ1v) is 9.82. The highest BCUT2D eigenvalue weighted by Crippen LogP contribution is 2.45. The minimum atomic E-state index is 0.381. The third kappa shape index (κ3) is 5.19. The number of hydrogen-bond donors (Lipinski definition) is 2. The summed E-state index contributed by atoms with van der Waals surface area (Å²) in [6, 6.07) is 0.381. The molecule has 134 valence electrons. The zero-order valence-electron chi connectivity index (χ0n) is 15.8. The van der Waals surface area contributed by atoms with E-state index in [1.807, 2.05) is 0 Å². The summed E-state index contributed by atoms with van der Waals surface area (Å²) in [6.07, 6.45) is 13.2. The Morgan fingerprint density at radius 2 is 2.00 bits per heavy atom. The van der Waals surface area contributed by atoms with E-state index in [1.54, 1.807) is 5.57 Å². The minimum Gasteiger partial charge on any atom is -0.327 e. The predicted molar refractivity (Wildman–Crippen MR) is 103 cm³/mol. The van der Waals surface area contributed by atoms with Gasteiger partial charge < -0.3 is 11.1 Å². The van der Waals surface area contributed by atoms with Gasteiger partial charge in [0.25, 0.3) is 0 Å². The van der Waals surface area contributed by atoms with Gasteiger partial charge >= 0.3 is 0 Å². The summed E-state index contributed by atoms with van der Waals surface area (Å²) < 4.78 is 0. The Bertz CT molecular complexity index is 350. The van der Waals surface area contributed by atoms with Gasteiger partial charge in [0.15, 0.2) is 0 Å². The standard InChI is InChI=1S/C19H36N2.C2H4/c1-4-14(12-13-21-3)18-17-9-7-6-8-16(17)11-10-15(5-2)19(18)20;1-2/h9,14-16,18-19,21H,4-8,10-13,20H2,1-3H3;1-2H2. The fraction of sp³-hybridized carbons (Fsp3) is 0.810. The van der Waals surface area contributed by atoms with Gasteiger partial charge in [-0.1, -0.05) is 38.3 Å². The summed E-state index contributed by atoms with van der Waals surface area (Å²) >= 11 is 0. The van der Waals surface area contributed by atoms with Crippen LogP contribution in [0.2, 0.25) is 0 Å². The first-order chi connectivity index (χ1) is 11.2. The largest absolute Gasteiger partial charge is 0.327 e. The summed E-state index contributed by atoms with van der Waals surface area (Å²) in [4.78, 5) is 0. The summed E-state index contributed by atoms with van der Waals surface area (Å²) in [6.45, 7) is 11.8. The van der Waals surface area contributed by atoms with E-state index in [0.29, 0.717) is 12.0 Å². The third-order valence-electron chi connectivity index (χ3n) is 6.16. The molecule has 0 amide bonds. The van der Waals surface area contributed by atoms with Crippen molar-refractivity contribution in [3.8, 4) is 0 Å². The van der Waals surface area contributed by atoms with Crippen LogP contribution in [0.1, 0.15) is 65.2 Å². The number of hydrogen-bond acceptors (Lipinski definition) is 2. The minimum absolute atomic E-state index is 0.381. The second kappa shape index (κ2) is 11.0. The van der Waals surface area contributed by atoms with Gasteiger partial charge in [-0.05, 0) is 75.8 Å². The van der Waals surface area contributed by atoms with Crippen LogP contribution in [0.3, 0.4) is 0 Å². The number of nitrogens with one attached hydrogen (secondary N) is 1. The maximum absolute atomic E-state index is 6.83. The maximum Gasteiger partial charge on any atom is 0.0136 e. The van der Waals surface area contributed by atoms with Crippen molar-refractivity contribution in [2.75, 3.05) is 13.6 Å². The second-order valence-corrected chi connectivity index (χ2v) is 7.24. The zero-order chi connectivity index (χ0) is 17.2. The van der Waals surface area contributed by atoms with Gasteiger partial charge in [0, 0.05) is 6.04 Å². The highest BCUT2D eigenvalue weighted by molar-refractivity contribution is 5.19. The van der Waals surface area contributed by atoms with Crippen molar-refractivity contribution < 1.29 is 0 Å². The molecule has 2 nitrogen and oxygen atoms in total. The van der Waals surface area contributed by atoms with Gasteiger partial charge in [-0.15, -0.1) is 13.2 Å². The highest BCUT2D eigenvalue weighted by atomic mass is 14.8. The molecule has 5 unspecified atom stereocenters. The summed E-state index contributed by atoms with van der Waals surface area (Å²) in [7, 11) is 2.07. The van der Waals surface area contributed by atoms with Gasteiger partial charge in [0.05, 0.1) is 0 Å². The maximum atomic E-state index is 6.83. The molecule has 23 heavy (non-hydrogen) atoms. The lowest BCUT2D eigenvalue weighted by atomic mass is 9.70. The number of fused-ring (bicyclic) bond motifs is 1. The fourth-order valence-electron chi connectivity index (χ4n) is 4.84. The average molecular weight is 321 g/mol. The van der Waals surface area contributed by atoms with Crippen LogP contribution >= 0.6 is 0 Å². The molecule has 2 heteroatoms. The van der Waals surface area contributed by atoms with Crippen molar-refractivity contribution in [3.63, 3.8) is 0 Å². The topological polar surface area (TPSA) is 38.0 Å². The van der Waals surface area contributed by atoms with Crippen molar-refractivity contribution in [1.29, 1.82) is 0 Å². The molecule has 0 spiro atoms. The second-order valence-electron chi connectivity index (χ2n) is 7.24. The molecule has 0 aromatic carbocycles. The van der Waals surface area contributed by atoms with Crippen LogP contribution in [0.25, 0.3) is 0 Å². The summed E-state index contributed by atoms with van der Waals surface area (Å²) in [5.74, 6) is 2.97. The molecule has 0 bridgehead atoms. The van der Waals surface area contributed by atoms with Crippen LogP contribution < -0.4 is 11.1 Å². The Morgan fingerprint density at radius 1 is 1.26 bits per heavy atom. The van der Waals surface area contributed by atoms with E-state index in [1.165, 1.54) is 51.4 Å². The van der Waals surface area contributed by atoms with E-state index in [9.17, 15) is 0 Å². The lowest BCUT2D eigenvalue weighted by Crippen LogP contribution is -2.42. The van der Waals surface area contributed by atoms with Gasteiger partial charge in [-0.25, -0.2) is 0 Å². The Morgan fingerprint density at radius 3 is 2.61 bits per heavy atom. The van der Waals surface area contributed by atoms with Crippen molar-refractivity contribution >= 4 is 0 Å². The van der Waals surface area contributed by atoms with Crippen LogP contribution in [0.15, 0.2) is 24.8 Å². The molecule has 2 aliphatic carbocycles. The predicted octanol–water partition coefficient (Wildman–Crippen LogP) is 4.91. The highest BCUT2D eigenvalue weighted by Gasteiger charge is 2.39. The van der Waals surface area contributed by atoms with E-state index in [4.69, 9.17) is 5.73 Å². The molecule has 0 aromatic rings. The molecule has 0 aliphatic heterocycles. The van der Waals surface area contributed by atoms with Crippen LogP contribution in [0.4, 0.5) is 0 Å². The van der Waals surface area contributed by atoms with Crippen LogP contribution in [-0.2, 0) is 0 Å². The normalized spacial score (nSPS) is 31.9. The molecule has 5 atom stereocenters. The Labute approximate surface area is 145 Å². The molecule has 1 saturated carbocycles. The molecule has 0 aromatic heterocycles. The number of rotatable bonds is 6. The molecule has 2 rings (SSSR count). The van der Waals surface area contributed by atoms with Gasteiger partial charge in [-0.2, -0.15) is 0 Å².